The van der Waals surface area contributed by atoms with Crippen LogP contribution in [-0.4, -0.2) is 13.0 Å². The largest absolute Gasteiger partial charge is 0.496 e. The van der Waals surface area contributed by atoms with Gasteiger partial charge in [0.2, 0.25) is 5.91 Å². The standard InChI is InChI=1S/C19H20N2O2/c1-14-13-16(5-9-18(14)23-2)6-10-19(22)21-17-7-3-15(4-8-17)11-12-20/h3-5,7-9,13H,6,10-11H2,1-2H3,(H,21,22). The number of carbonyl (C=O) groups excluding carboxylic acids is 1. The summed E-state index contributed by atoms with van der Waals surface area (Å²) in [5.41, 5.74) is 3.88. The molecule has 0 radical (unpaired) electrons. The Balaban J connectivity index is 1.87. The van der Waals surface area contributed by atoms with Gasteiger partial charge in [-0.15, -0.1) is 0 Å². The first-order chi connectivity index (χ1) is 11.1. The molecule has 118 valence electrons. The van der Waals surface area contributed by atoms with E-state index in [0.717, 1.165) is 28.1 Å². The number of amides is 1. The number of rotatable bonds is 6. The number of nitrogens with zero attached hydrogens (tertiary/aromatic N) is 1. The highest BCUT2D eigenvalue weighted by atomic mass is 16.5. The molecular weight excluding hydrogens is 288 g/mol. The summed E-state index contributed by atoms with van der Waals surface area (Å²) in [6, 6.07) is 15.4. The van der Waals surface area contributed by atoms with Crippen LogP contribution >= 0.6 is 0 Å². The van der Waals surface area contributed by atoms with Gasteiger partial charge in [-0.3, -0.25) is 4.79 Å². The van der Waals surface area contributed by atoms with E-state index >= 15 is 0 Å². The maximum absolute atomic E-state index is 12.0. The first-order valence-electron chi connectivity index (χ1n) is 7.51. The first kappa shape index (κ1) is 16.6. The maximum Gasteiger partial charge on any atom is 0.224 e. The van der Waals surface area contributed by atoms with E-state index < -0.39 is 0 Å². The predicted molar refractivity (Wildman–Crippen MR) is 90.4 cm³/mol. The van der Waals surface area contributed by atoms with Crippen LogP contribution in [0.2, 0.25) is 0 Å². The topological polar surface area (TPSA) is 62.1 Å². The number of nitriles is 1. The van der Waals surface area contributed by atoms with Gasteiger partial charge in [0, 0.05) is 12.1 Å². The Morgan fingerprint density at radius 1 is 1.17 bits per heavy atom. The summed E-state index contributed by atoms with van der Waals surface area (Å²) in [5.74, 6) is 0.835. The van der Waals surface area contributed by atoms with Crippen LogP contribution in [-0.2, 0) is 17.6 Å². The molecule has 2 aromatic rings. The van der Waals surface area contributed by atoms with Gasteiger partial charge in [0.25, 0.3) is 0 Å². The number of benzene rings is 2. The average molecular weight is 308 g/mol. The maximum atomic E-state index is 12.0. The Labute approximate surface area is 136 Å². The smallest absolute Gasteiger partial charge is 0.224 e. The lowest BCUT2D eigenvalue weighted by Crippen LogP contribution is -2.12. The molecule has 0 aliphatic carbocycles. The van der Waals surface area contributed by atoms with Crippen LogP contribution in [0.4, 0.5) is 5.69 Å². The monoisotopic (exact) mass is 308 g/mol. The molecule has 0 bridgehead atoms. The van der Waals surface area contributed by atoms with Crippen LogP contribution in [0.25, 0.3) is 0 Å². The summed E-state index contributed by atoms with van der Waals surface area (Å²) in [4.78, 5) is 12.0. The molecule has 0 aliphatic rings. The van der Waals surface area contributed by atoms with Gasteiger partial charge in [-0.05, 0) is 48.2 Å². The molecular formula is C19H20N2O2. The number of anilines is 1. The Kier molecular flexibility index (Phi) is 5.76. The molecule has 0 aromatic heterocycles. The van der Waals surface area contributed by atoms with E-state index in [1.807, 2.05) is 49.4 Å². The third-order valence-electron chi connectivity index (χ3n) is 3.62. The van der Waals surface area contributed by atoms with Gasteiger partial charge in [-0.25, -0.2) is 0 Å². The second-order valence-corrected chi connectivity index (χ2v) is 5.38. The highest BCUT2D eigenvalue weighted by molar-refractivity contribution is 5.90. The van der Waals surface area contributed by atoms with E-state index in [1.54, 1.807) is 7.11 Å². The molecule has 0 unspecified atom stereocenters. The van der Waals surface area contributed by atoms with E-state index in [2.05, 4.69) is 11.4 Å². The molecule has 0 spiro atoms. The number of hydrogen-bond donors (Lipinski definition) is 1. The van der Waals surface area contributed by atoms with Crippen molar-refractivity contribution in [1.29, 1.82) is 5.26 Å². The minimum Gasteiger partial charge on any atom is -0.496 e. The van der Waals surface area contributed by atoms with Crippen molar-refractivity contribution in [3.05, 3.63) is 59.2 Å². The molecule has 0 aliphatic heterocycles. The fourth-order valence-corrected chi connectivity index (χ4v) is 2.37. The van der Waals surface area contributed by atoms with E-state index in [0.29, 0.717) is 19.3 Å². The second kappa shape index (κ2) is 8.00. The highest BCUT2D eigenvalue weighted by Crippen LogP contribution is 2.19. The fourth-order valence-electron chi connectivity index (χ4n) is 2.37. The van der Waals surface area contributed by atoms with Gasteiger partial charge in [-0.1, -0.05) is 24.3 Å². The molecule has 0 saturated heterocycles. The van der Waals surface area contributed by atoms with Gasteiger partial charge in [-0.2, -0.15) is 5.26 Å². The minimum atomic E-state index is -0.0218. The van der Waals surface area contributed by atoms with Gasteiger partial charge < -0.3 is 10.1 Å². The fraction of sp³-hybridized carbons (Fsp3) is 0.263. The lowest BCUT2D eigenvalue weighted by molar-refractivity contribution is -0.116. The molecule has 0 fully saturated rings. The molecule has 1 N–H and O–H groups in total. The minimum absolute atomic E-state index is 0.0218. The molecule has 2 rings (SSSR count). The Morgan fingerprint density at radius 2 is 1.87 bits per heavy atom. The summed E-state index contributed by atoms with van der Waals surface area (Å²) in [6.45, 7) is 1.99. The van der Waals surface area contributed by atoms with Crippen LogP contribution in [0, 0.1) is 18.3 Å². The van der Waals surface area contributed by atoms with Crippen molar-refractivity contribution in [2.24, 2.45) is 0 Å². The van der Waals surface area contributed by atoms with Crippen molar-refractivity contribution in [3.63, 3.8) is 0 Å². The normalized spacial score (nSPS) is 9.96. The summed E-state index contributed by atoms with van der Waals surface area (Å²) in [5, 5.41) is 11.5. The van der Waals surface area contributed by atoms with Gasteiger partial charge in [0.05, 0.1) is 19.6 Å². The van der Waals surface area contributed by atoms with Crippen LogP contribution in [0.5, 0.6) is 5.75 Å². The molecule has 2 aromatic carbocycles. The summed E-state index contributed by atoms with van der Waals surface area (Å²) in [7, 11) is 1.65. The van der Waals surface area contributed by atoms with E-state index in [1.165, 1.54) is 0 Å². The lowest BCUT2D eigenvalue weighted by Gasteiger charge is -2.08. The Morgan fingerprint density at radius 3 is 2.48 bits per heavy atom. The second-order valence-electron chi connectivity index (χ2n) is 5.38. The van der Waals surface area contributed by atoms with Crippen LogP contribution in [0.15, 0.2) is 42.5 Å². The van der Waals surface area contributed by atoms with Gasteiger partial charge in [0.15, 0.2) is 0 Å². The third-order valence-corrected chi connectivity index (χ3v) is 3.62. The summed E-state index contributed by atoms with van der Waals surface area (Å²) < 4.78 is 5.23. The zero-order valence-corrected chi connectivity index (χ0v) is 13.4. The van der Waals surface area contributed by atoms with Crippen molar-refractivity contribution >= 4 is 11.6 Å². The van der Waals surface area contributed by atoms with Gasteiger partial charge in [0.1, 0.15) is 5.75 Å². The molecule has 1 amide bonds. The van der Waals surface area contributed by atoms with Crippen molar-refractivity contribution < 1.29 is 9.53 Å². The number of nitrogens with one attached hydrogen (secondary N) is 1. The Hall–Kier alpha value is -2.80. The number of methoxy groups -OCH3 is 1. The SMILES string of the molecule is COc1ccc(CCC(=O)Nc2ccc(CC#N)cc2)cc1C. The zero-order valence-electron chi connectivity index (χ0n) is 13.4. The van der Waals surface area contributed by atoms with Crippen molar-refractivity contribution in [2.45, 2.75) is 26.2 Å². The van der Waals surface area contributed by atoms with E-state index in [-0.39, 0.29) is 5.91 Å². The van der Waals surface area contributed by atoms with E-state index in [9.17, 15) is 4.79 Å². The molecule has 4 heteroatoms. The van der Waals surface area contributed by atoms with Crippen molar-refractivity contribution in [1.82, 2.24) is 0 Å². The average Bonchev–Trinajstić information content (AvgIpc) is 2.55. The molecule has 0 saturated carbocycles. The summed E-state index contributed by atoms with van der Waals surface area (Å²) >= 11 is 0. The van der Waals surface area contributed by atoms with Crippen molar-refractivity contribution in [3.8, 4) is 11.8 Å². The van der Waals surface area contributed by atoms with Crippen molar-refractivity contribution in [2.75, 3.05) is 12.4 Å². The molecule has 0 heterocycles. The quantitative estimate of drug-likeness (QED) is 0.886. The van der Waals surface area contributed by atoms with Crippen LogP contribution in [0.1, 0.15) is 23.1 Å². The molecule has 23 heavy (non-hydrogen) atoms. The number of hydrogen-bond acceptors (Lipinski definition) is 3. The van der Waals surface area contributed by atoms with Crippen LogP contribution < -0.4 is 10.1 Å². The number of ether oxygens (including phenoxy) is 1. The van der Waals surface area contributed by atoms with Gasteiger partial charge >= 0.3 is 0 Å². The Bertz CT molecular complexity index is 715. The molecule has 0 atom stereocenters. The highest BCUT2D eigenvalue weighted by Gasteiger charge is 2.05. The number of aryl methyl sites for hydroxylation is 2. The summed E-state index contributed by atoms with van der Waals surface area (Å²) in [6.07, 6.45) is 1.49. The zero-order chi connectivity index (χ0) is 16.7. The first-order valence-corrected chi connectivity index (χ1v) is 7.51. The third kappa shape index (κ3) is 4.86. The lowest BCUT2D eigenvalue weighted by atomic mass is 10.1. The number of carbonyl (C=O) groups is 1. The molecule has 4 nitrogen and oxygen atoms in total. The van der Waals surface area contributed by atoms with Crippen LogP contribution in [0.3, 0.4) is 0 Å². The van der Waals surface area contributed by atoms with E-state index in [4.69, 9.17) is 10.00 Å². The predicted octanol–water partition coefficient (Wildman–Crippen LogP) is 3.64.